The second kappa shape index (κ2) is 10.5. The predicted octanol–water partition coefficient (Wildman–Crippen LogP) is 3.61. The zero-order chi connectivity index (χ0) is 21.3. The zero-order valence-corrected chi connectivity index (χ0v) is 17.5. The summed E-state index contributed by atoms with van der Waals surface area (Å²) in [6.45, 7) is 1.93. The molecule has 0 saturated carbocycles. The molecule has 1 unspecified atom stereocenters. The van der Waals surface area contributed by atoms with E-state index in [9.17, 15) is 4.79 Å². The maximum atomic E-state index is 12.8. The molecule has 0 radical (unpaired) electrons. The van der Waals surface area contributed by atoms with Crippen LogP contribution in [0, 0.1) is 0 Å². The zero-order valence-electron chi connectivity index (χ0n) is 17.5. The summed E-state index contributed by atoms with van der Waals surface area (Å²) < 4.78 is 2.11. The summed E-state index contributed by atoms with van der Waals surface area (Å²) in [4.78, 5) is 17.1. The number of amides is 1. The maximum absolute atomic E-state index is 12.8. The van der Waals surface area contributed by atoms with Gasteiger partial charge in [0.25, 0.3) is 5.91 Å². The van der Waals surface area contributed by atoms with Crippen LogP contribution in [0.4, 0.5) is 0 Å². The number of hydrazone groups is 1. The van der Waals surface area contributed by atoms with Crippen LogP contribution in [0.1, 0.15) is 18.5 Å². The van der Waals surface area contributed by atoms with Gasteiger partial charge in [-0.3, -0.25) is 4.79 Å². The fourth-order valence-corrected chi connectivity index (χ4v) is 3.57. The van der Waals surface area contributed by atoms with E-state index in [-0.39, 0.29) is 11.9 Å². The number of imidazole rings is 1. The Labute approximate surface area is 183 Å². The van der Waals surface area contributed by atoms with Crippen LogP contribution in [0.25, 0.3) is 0 Å². The van der Waals surface area contributed by atoms with Gasteiger partial charge in [0.1, 0.15) is 0 Å². The third kappa shape index (κ3) is 5.77. The summed E-state index contributed by atoms with van der Waals surface area (Å²) in [5.74, 6) is 0.0144. The van der Waals surface area contributed by atoms with E-state index in [0.29, 0.717) is 13.1 Å². The summed E-state index contributed by atoms with van der Waals surface area (Å²) in [6.07, 6.45) is 31.5. The van der Waals surface area contributed by atoms with Crippen LogP contribution in [-0.2, 0) is 17.9 Å². The topological polar surface area (TPSA) is 62.5 Å². The number of nitrogens with one attached hydrogen (secondary N) is 1. The fraction of sp³-hybridized carbons (Fsp3) is 0.240. The van der Waals surface area contributed by atoms with Crippen LogP contribution in [0.15, 0.2) is 102 Å². The van der Waals surface area contributed by atoms with Crippen LogP contribution in [0.3, 0.4) is 0 Å². The molecule has 0 aromatic carbocycles. The van der Waals surface area contributed by atoms with Crippen LogP contribution >= 0.6 is 0 Å². The van der Waals surface area contributed by atoms with E-state index in [2.05, 4.69) is 38.2 Å². The summed E-state index contributed by atoms with van der Waals surface area (Å²) in [5, 5.41) is 9.50. The van der Waals surface area contributed by atoms with Gasteiger partial charge in [-0.15, -0.1) is 0 Å². The highest BCUT2D eigenvalue weighted by Crippen LogP contribution is 2.14. The number of aromatic nitrogens is 2. The van der Waals surface area contributed by atoms with Crippen molar-refractivity contribution in [1.82, 2.24) is 19.9 Å². The van der Waals surface area contributed by atoms with Crippen molar-refractivity contribution in [1.29, 1.82) is 0 Å². The van der Waals surface area contributed by atoms with Gasteiger partial charge in [0.05, 0.1) is 23.8 Å². The molecule has 6 nitrogen and oxygen atoms in total. The van der Waals surface area contributed by atoms with Gasteiger partial charge in [-0.2, -0.15) is 5.10 Å². The molecule has 2 heterocycles. The average molecular weight is 414 g/mol. The summed E-state index contributed by atoms with van der Waals surface area (Å²) in [6, 6.07) is -0.234. The summed E-state index contributed by atoms with van der Waals surface area (Å²) in [5.41, 5.74) is 3.03. The molecule has 4 rings (SSSR count). The largest absolute Gasteiger partial charge is 0.329 e. The number of rotatable bonds is 6. The fourth-order valence-electron chi connectivity index (χ4n) is 3.57. The van der Waals surface area contributed by atoms with E-state index >= 15 is 0 Å². The highest BCUT2D eigenvalue weighted by atomic mass is 16.2. The normalized spacial score (nSPS) is 24.1. The lowest BCUT2D eigenvalue weighted by atomic mass is 10.2. The van der Waals surface area contributed by atoms with Crippen LogP contribution in [0.5, 0.6) is 0 Å². The van der Waals surface area contributed by atoms with Crippen molar-refractivity contribution >= 4 is 11.6 Å². The van der Waals surface area contributed by atoms with E-state index in [4.69, 9.17) is 0 Å². The van der Waals surface area contributed by atoms with Crippen molar-refractivity contribution < 1.29 is 4.79 Å². The molecular weight excluding hydrogens is 386 g/mol. The average Bonchev–Trinajstić information content (AvgIpc) is 3.30. The first-order chi connectivity index (χ1) is 15.3. The van der Waals surface area contributed by atoms with Crippen LogP contribution in [-0.4, -0.2) is 38.8 Å². The van der Waals surface area contributed by atoms with Gasteiger partial charge >= 0.3 is 0 Å². The van der Waals surface area contributed by atoms with Crippen molar-refractivity contribution in [2.75, 3.05) is 6.54 Å². The molecule has 0 spiro atoms. The Morgan fingerprint density at radius 2 is 1.90 bits per heavy atom. The third-order valence-electron chi connectivity index (χ3n) is 5.24. The van der Waals surface area contributed by atoms with Crippen molar-refractivity contribution in [2.45, 2.75) is 32.0 Å². The molecule has 1 atom stereocenters. The first kappa shape index (κ1) is 20.8. The number of carbonyl (C=O) groups excluding carboxylic acids is 1. The van der Waals surface area contributed by atoms with Crippen LogP contribution in [0.2, 0.25) is 0 Å². The second-order valence-electron chi connectivity index (χ2n) is 7.52. The van der Waals surface area contributed by atoms with Gasteiger partial charge in [0.2, 0.25) is 0 Å². The molecule has 0 bridgehead atoms. The monoisotopic (exact) mass is 413 g/mol. The highest BCUT2D eigenvalue weighted by molar-refractivity contribution is 6.04. The molecule has 1 fully saturated rings. The van der Waals surface area contributed by atoms with E-state index in [1.165, 1.54) is 5.57 Å². The molecule has 3 aliphatic rings. The van der Waals surface area contributed by atoms with Crippen molar-refractivity contribution in [3.8, 4) is 0 Å². The van der Waals surface area contributed by atoms with Gasteiger partial charge < -0.3 is 9.88 Å². The molecule has 6 heteroatoms. The smallest absolute Gasteiger partial charge is 0.259 e. The lowest BCUT2D eigenvalue weighted by molar-refractivity contribution is -0.129. The third-order valence-corrected chi connectivity index (χ3v) is 5.24. The molecule has 1 amide bonds. The SMILES string of the molecule is O=C1C(NCc2cncn2CC2=CC=CC=CC=C2)CCN1N=C1C=C/C=C\C/C=C\1. The number of nitrogens with zero attached hydrogens (tertiary/aromatic N) is 4. The maximum Gasteiger partial charge on any atom is 0.259 e. The van der Waals surface area contributed by atoms with E-state index in [1.54, 1.807) is 5.01 Å². The van der Waals surface area contributed by atoms with Gasteiger partial charge in [0, 0.05) is 25.8 Å². The Bertz CT molecular complexity index is 1030. The standard InChI is InChI=1S/C25H27N5O/c31-25-24(15-16-30(25)28-22-13-9-5-2-6-10-14-22)27-18-23-17-26-20-29(23)19-21-11-7-3-1-4-8-12-21/h1-5,7-14,17,20,24,27H,6,15-16,18-19H2/b3-1?,4-1?,5-2-,7-3?,8-4?,11-7?,12-8?,13-9?,14-10-,21-11?,21-12?,28-22?. The van der Waals surface area contributed by atoms with E-state index in [0.717, 1.165) is 30.8 Å². The summed E-state index contributed by atoms with van der Waals surface area (Å²) >= 11 is 0. The van der Waals surface area contributed by atoms with Gasteiger partial charge in [0.15, 0.2) is 0 Å². The first-order valence-corrected chi connectivity index (χ1v) is 10.6. The molecule has 1 aliphatic heterocycles. The lowest BCUT2D eigenvalue weighted by Crippen LogP contribution is -2.36. The number of hydrogen-bond donors (Lipinski definition) is 1. The molecule has 1 saturated heterocycles. The summed E-state index contributed by atoms with van der Waals surface area (Å²) in [7, 11) is 0. The molecule has 1 aromatic rings. The minimum absolute atomic E-state index is 0.0144. The molecule has 1 N–H and O–H groups in total. The Balaban J connectivity index is 1.35. The Kier molecular flexibility index (Phi) is 7.03. The number of allylic oxidation sites excluding steroid dienone is 14. The van der Waals surface area contributed by atoms with E-state index in [1.807, 2.05) is 73.3 Å². The molecule has 31 heavy (non-hydrogen) atoms. The number of carbonyl (C=O) groups is 1. The van der Waals surface area contributed by atoms with Crippen molar-refractivity contribution in [2.24, 2.45) is 5.10 Å². The lowest BCUT2D eigenvalue weighted by Gasteiger charge is -2.14. The Morgan fingerprint density at radius 1 is 1.03 bits per heavy atom. The second-order valence-corrected chi connectivity index (χ2v) is 7.52. The minimum Gasteiger partial charge on any atom is -0.329 e. The predicted molar refractivity (Wildman–Crippen MR) is 124 cm³/mol. The number of hydrogen-bond acceptors (Lipinski definition) is 4. The van der Waals surface area contributed by atoms with Gasteiger partial charge in [-0.05, 0) is 30.6 Å². The van der Waals surface area contributed by atoms with Gasteiger partial charge in [-0.1, -0.05) is 66.8 Å². The Hall–Kier alpha value is -3.51. The molecule has 1 aromatic heterocycles. The van der Waals surface area contributed by atoms with Crippen LogP contribution < -0.4 is 5.32 Å². The molecular formula is C25H27N5O. The minimum atomic E-state index is -0.234. The molecule has 2 aliphatic carbocycles. The van der Waals surface area contributed by atoms with Crippen molar-refractivity contribution in [3.05, 3.63) is 103 Å². The molecule has 158 valence electrons. The van der Waals surface area contributed by atoms with Gasteiger partial charge in [-0.25, -0.2) is 9.99 Å². The first-order valence-electron chi connectivity index (χ1n) is 10.6. The van der Waals surface area contributed by atoms with Crippen molar-refractivity contribution in [3.63, 3.8) is 0 Å². The van der Waals surface area contributed by atoms with E-state index < -0.39 is 0 Å². The Morgan fingerprint density at radius 3 is 2.87 bits per heavy atom. The highest BCUT2D eigenvalue weighted by Gasteiger charge is 2.31. The quantitative estimate of drug-likeness (QED) is 0.775.